The maximum atomic E-state index is 9.04. The molecular formula is C23H44Ag2N2O9. The Hall–Kier alpha value is -1.02. The molecular weight excluding hydrogens is 664 g/mol. The summed E-state index contributed by atoms with van der Waals surface area (Å²) < 4.78 is 0. The third-order valence-electron chi connectivity index (χ3n) is 4.45. The summed E-state index contributed by atoms with van der Waals surface area (Å²) in [5, 5.41) is 54.4. The molecule has 13 heteroatoms. The molecule has 0 fully saturated rings. The van der Waals surface area contributed by atoms with Gasteiger partial charge in [-0.05, 0) is 77.0 Å². The van der Waals surface area contributed by atoms with Crippen molar-refractivity contribution in [3.8, 4) is 0 Å². The van der Waals surface area contributed by atoms with Gasteiger partial charge in [0.05, 0.1) is 18.3 Å². The molecule has 0 bridgehead atoms. The number of aliphatic hydroxyl groups excluding tert-OH is 3. The summed E-state index contributed by atoms with van der Waals surface area (Å²) in [5.74, 6) is 0. The van der Waals surface area contributed by atoms with E-state index in [0.717, 1.165) is 77.0 Å². The first kappa shape index (κ1) is 48.1. The molecule has 0 spiro atoms. The zero-order valence-electron chi connectivity index (χ0n) is 21.0. The molecule has 0 radical (unpaired) electrons. The summed E-state index contributed by atoms with van der Waals surface area (Å²) in [6, 6.07) is 0. The van der Waals surface area contributed by atoms with Crippen molar-refractivity contribution >= 4 is 0 Å². The van der Waals surface area contributed by atoms with E-state index < -0.39 is 10.2 Å². The number of hydrogen-bond acceptors (Lipinski definition) is 7. The number of rotatable bonds is 0. The van der Waals surface area contributed by atoms with Crippen LogP contribution in [0, 0.1) is 35.1 Å². The molecule has 11 nitrogen and oxygen atoms in total. The van der Waals surface area contributed by atoms with Crippen LogP contribution >= 0.6 is 0 Å². The van der Waals surface area contributed by atoms with E-state index in [1.54, 1.807) is 0 Å². The average Bonchev–Trinajstić information content (AvgIpc) is 3.18. The number of allylic oxidation sites excluding steroid dienone is 3. The third-order valence-corrected chi connectivity index (χ3v) is 4.45. The molecule has 3 rings (SSSR count). The monoisotopic (exact) mass is 706 g/mol. The van der Waals surface area contributed by atoms with Gasteiger partial charge in [0, 0.05) is 0 Å². The number of hydrogen-bond donors (Lipinski definition) is 5. The van der Waals surface area contributed by atoms with Crippen molar-refractivity contribution in [2.45, 2.75) is 95.4 Å². The fourth-order valence-corrected chi connectivity index (χ4v) is 2.88. The third kappa shape index (κ3) is 50.0. The SMILES string of the molecule is O=[N+]([O-])O.O=[N+]([O-])O.OC1CC=CCCC1.O[C@@H]1CC=CCCC1.O[C@@H]1CC=CCCC1.[Ag+].[Ag+].[CH3-].[CH3-]. The van der Waals surface area contributed by atoms with Gasteiger partial charge in [-0.25, -0.2) is 0 Å². The maximum absolute atomic E-state index is 9.04. The summed E-state index contributed by atoms with van der Waals surface area (Å²) in [4.78, 5) is 16.7. The molecule has 0 aromatic heterocycles. The molecule has 0 aliphatic heterocycles. The Bertz CT molecular complexity index is 489. The Morgan fingerprint density at radius 3 is 0.944 bits per heavy atom. The van der Waals surface area contributed by atoms with Crippen molar-refractivity contribution in [3.05, 3.63) is 71.5 Å². The Morgan fingerprint density at radius 2 is 0.750 bits per heavy atom. The van der Waals surface area contributed by atoms with Gasteiger partial charge in [0.25, 0.3) is 10.2 Å². The minimum Gasteiger partial charge on any atom is -0.393 e. The minimum atomic E-state index is -1.50. The molecule has 0 saturated carbocycles. The summed E-state index contributed by atoms with van der Waals surface area (Å²) in [6.07, 6.45) is 24.9. The molecule has 3 atom stereocenters. The predicted octanol–water partition coefficient (Wildman–Crippen LogP) is 4.63. The van der Waals surface area contributed by atoms with Crippen molar-refractivity contribution in [2.24, 2.45) is 0 Å². The standard InChI is InChI=1S/3C7H12O.2CH3.2Ag.2HNO3/c3*8-7-5-3-1-2-4-6-7;;;;;2*2-1(3)4/h3*1,3,7-8H,2,4-6H2;2*1H3;;;2*(H,2,3,4)/q;;;2*-1;2*+1;;/t2*7-;;;;;;;/m11......./s1. The van der Waals surface area contributed by atoms with Gasteiger partial charge in [-0.15, -0.1) is 20.2 Å². The first-order valence-electron chi connectivity index (χ1n) is 10.8. The Labute approximate surface area is 246 Å². The van der Waals surface area contributed by atoms with E-state index in [1.165, 1.54) is 0 Å². The fourth-order valence-electron chi connectivity index (χ4n) is 2.88. The van der Waals surface area contributed by atoms with Gasteiger partial charge in [-0.3, -0.25) is 0 Å². The second kappa shape index (κ2) is 36.1. The summed E-state index contributed by atoms with van der Waals surface area (Å²) in [5.41, 5.74) is 0. The minimum absolute atomic E-state index is 0. The molecule has 0 amide bonds. The Kier molecular flexibility index (Phi) is 48.3. The summed E-state index contributed by atoms with van der Waals surface area (Å²) in [6.45, 7) is 0. The van der Waals surface area contributed by atoms with Gasteiger partial charge in [-0.1, -0.05) is 36.5 Å². The van der Waals surface area contributed by atoms with Gasteiger partial charge in [0.1, 0.15) is 0 Å². The second-order valence-corrected chi connectivity index (χ2v) is 7.35. The molecule has 0 aromatic carbocycles. The van der Waals surface area contributed by atoms with Gasteiger partial charge in [-0.2, -0.15) is 0 Å². The van der Waals surface area contributed by atoms with Crippen LogP contribution in [0.15, 0.2) is 36.5 Å². The molecule has 222 valence electrons. The molecule has 5 N–H and O–H groups in total. The van der Waals surface area contributed by atoms with Crippen LogP contribution in [0.2, 0.25) is 0 Å². The van der Waals surface area contributed by atoms with Crippen LogP contribution in [0.25, 0.3) is 0 Å². The van der Waals surface area contributed by atoms with Crippen LogP contribution in [0.4, 0.5) is 0 Å². The maximum Gasteiger partial charge on any atom is 1.00 e. The number of nitrogens with zero attached hydrogens (tertiary/aromatic N) is 2. The van der Waals surface area contributed by atoms with Crippen molar-refractivity contribution in [1.82, 2.24) is 0 Å². The van der Waals surface area contributed by atoms with Gasteiger partial charge in [0.15, 0.2) is 0 Å². The topological polar surface area (TPSA) is 187 Å². The van der Waals surface area contributed by atoms with E-state index >= 15 is 0 Å². The van der Waals surface area contributed by atoms with E-state index in [-0.39, 0.29) is 77.9 Å². The molecule has 3 aliphatic carbocycles. The zero-order valence-corrected chi connectivity index (χ0v) is 24.0. The fraction of sp³-hybridized carbons (Fsp3) is 0.652. The zero-order chi connectivity index (χ0) is 24.6. The van der Waals surface area contributed by atoms with Crippen LogP contribution in [0.1, 0.15) is 77.0 Å². The molecule has 0 aromatic rings. The molecule has 0 heterocycles. The largest absolute Gasteiger partial charge is 1.00 e. The first-order valence-corrected chi connectivity index (χ1v) is 10.8. The molecule has 3 aliphatic rings. The molecule has 1 unspecified atom stereocenters. The van der Waals surface area contributed by atoms with E-state index in [0.29, 0.717) is 0 Å². The summed E-state index contributed by atoms with van der Waals surface area (Å²) in [7, 11) is 0. The Balaban J connectivity index is -0.0000000783. The number of aliphatic hydroxyl groups is 3. The first-order chi connectivity index (χ1) is 15.1. The normalized spacial score (nSPS) is 21.2. The van der Waals surface area contributed by atoms with E-state index in [9.17, 15) is 0 Å². The molecule has 36 heavy (non-hydrogen) atoms. The van der Waals surface area contributed by atoms with E-state index in [2.05, 4.69) is 36.5 Å². The molecule has 0 saturated heterocycles. The van der Waals surface area contributed by atoms with Gasteiger partial charge >= 0.3 is 44.8 Å². The van der Waals surface area contributed by atoms with E-state index in [4.69, 9.17) is 46.0 Å². The van der Waals surface area contributed by atoms with Crippen molar-refractivity contribution in [3.63, 3.8) is 0 Å². The van der Waals surface area contributed by atoms with Crippen LogP contribution < -0.4 is 0 Å². The smallest absolute Gasteiger partial charge is 0.393 e. The van der Waals surface area contributed by atoms with Crippen LogP contribution in [0.3, 0.4) is 0 Å². The van der Waals surface area contributed by atoms with Gasteiger partial charge < -0.3 is 40.6 Å². The van der Waals surface area contributed by atoms with Gasteiger partial charge in [0.2, 0.25) is 0 Å². The van der Waals surface area contributed by atoms with Crippen molar-refractivity contribution < 1.29 is 80.7 Å². The predicted molar refractivity (Wildman–Crippen MR) is 131 cm³/mol. The van der Waals surface area contributed by atoms with Crippen LogP contribution in [-0.4, -0.2) is 54.2 Å². The summed E-state index contributed by atoms with van der Waals surface area (Å²) >= 11 is 0. The van der Waals surface area contributed by atoms with Crippen molar-refractivity contribution in [2.75, 3.05) is 0 Å². The quantitative estimate of drug-likeness (QED) is 0.0786. The Morgan fingerprint density at radius 1 is 0.556 bits per heavy atom. The van der Waals surface area contributed by atoms with Crippen LogP contribution in [0.5, 0.6) is 0 Å². The van der Waals surface area contributed by atoms with Crippen molar-refractivity contribution in [1.29, 1.82) is 0 Å². The second-order valence-electron chi connectivity index (χ2n) is 7.35. The van der Waals surface area contributed by atoms with E-state index in [1.807, 2.05) is 0 Å². The van der Waals surface area contributed by atoms with Crippen LogP contribution in [-0.2, 0) is 44.8 Å². The average molecular weight is 708 g/mol.